The molecule has 9 nitrogen and oxygen atoms in total. The normalized spacial score (nSPS) is 14.1. The number of sulfonamides is 1. The summed E-state index contributed by atoms with van der Waals surface area (Å²) in [6.07, 6.45) is 3.44. The van der Waals surface area contributed by atoms with E-state index in [-0.39, 0.29) is 28.3 Å². The molecule has 1 saturated heterocycles. The molecule has 10 heteroatoms. The van der Waals surface area contributed by atoms with Gasteiger partial charge in [-0.3, -0.25) is 9.52 Å². The van der Waals surface area contributed by atoms with Crippen LogP contribution in [0.4, 0.5) is 5.82 Å². The van der Waals surface area contributed by atoms with Crippen LogP contribution >= 0.6 is 0 Å². The molecule has 1 aliphatic heterocycles. The van der Waals surface area contributed by atoms with Crippen LogP contribution in [0.3, 0.4) is 0 Å². The van der Waals surface area contributed by atoms with Gasteiger partial charge in [-0.2, -0.15) is 4.98 Å². The molecule has 1 aromatic carbocycles. The van der Waals surface area contributed by atoms with Crippen molar-refractivity contribution in [2.45, 2.75) is 31.6 Å². The molecular formula is C20H21N5O4S. The standard InChI is InChI=1S/C20H21N5O4S/c1-13-7-8-21-17(11-13)24-30(27,28)16-12-15(6-5-14(16)2)18-22-19(29-23-18)20(26)25-9-3-4-10-25/h5-8,11-12H,3-4,9-10H2,1-2H3,(H,21,24). The smallest absolute Gasteiger partial charge is 0.316 e. The molecule has 0 radical (unpaired) electrons. The molecule has 1 N–H and O–H groups in total. The van der Waals surface area contributed by atoms with Crippen LogP contribution in [0, 0.1) is 13.8 Å². The average molecular weight is 427 g/mol. The molecule has 1 amide bonds. The maximum atomic E-state index is 12.9. The number of carbonyl (C=O) groups is 1. The van der Waals surface area contributed by atoms with Crippen molar-refractivity contribution in [1.29, 1.82) is 0 Å². The van der Waals surface area contributed by atoms with Gasteiger partial charge in [0, 0.05) is 24.8 Å². The van der Waals surface area contributed by atoms with Gasteiger partial charge in [0.2, 0.25) is 5.82 Å². The molecule has 4 rings (SSSR count). The van der Waals surface area contributed by atoms with Crippen LogP contribution < -0.4 is 4.72 Å². The average Bonchev–Trinajstić information content (AvgIpc) is 3.40. The van der Waals surface area contributed by atoms with Gasteiger partial charge in [-0.05, 0) is 56.0 Å². The topological polar surface area (TPSA) is 118 Å². The molecule has 2 aromatic heterocycles. The molecule has 30 heavy (non-hydrogen) atoms. The summed E-state index contributed by atoms with van der Waals surface area (Å²) in [5, 5.41) is 3.87. The number of hydrogen-bond donors (Lipinski definition) is 1. The van der Waals surface area contributed by atoms with Crippen molar-refractivity contribution >= 4 is 21.7 Å². The second kappa shape index (κ2) is 7.86. The van der Waals surface area contributed by atoms with Crippen molar-refractivity contribution in [3.63, 3.8) is 0 Å². The van der Waals surface area contributed by atoms with E-state index in [0.29, 0.717) is 24.2 Å². The first-order valence-electron chi connectivity index (χ1n) is 9.53. The fourth-order valence-electron chi connectivity index (χ4n) is 3.30. The van der Waals surface area contributed by atoms with E-state index >= 15 is 0 Å². The van der Waals surface area contributed by atoms with Crippen molar-refractivity contribution in [3.05, 3.63) is 53.5 Å². The highest BCUT2D eigenvalue weighted by Gasteiger charge is 2.26. The summed E-state index contributed by atoms with van der Waals surface area (Å²) in [7, 11) is -3.89. The third-order valence-electron chi connectivity index (χ3n) is 4.89. The lowest BCUT2D eigenvalue weighted by atomic mass is 10.1. The van der Waals surface area contributed by atoms with E-state index in [1.54, 1.807) is 36.1 Å². The van der Waals surface area contributed by atoms with Gasteiger partial charge in [-0.25, -0.2) is 13.4 Å². The minimum absolute atomic E-state index is 0.0699. The van der Waals surface area contributed by atoms with Gasteiger partial charge < -0.3 is 9.42 Å². The Morgan fingerprint density at radius 1 is 1.13 bits per heavy atom. The third-order valence-corrected chi connectivity index (χ3v) is 6.39. The molecule has 156 valence electrons. The number of benzene rings is 1. The summed E-state index contributed by atoms with van der Waals surface area (Å²) in [5.74, 6) is -0.0158. The summed E-state index contributed by atoms with van der Waals surface area (Å²) >= 11 is 0. The number of carbonyl (C=O) groups excluding carboxylic acids is 1. The van der Waals surface area contributed by atoms with E-state index < -0.39 is 10.0 Å². The molecular weight excluding hydrogens is 406 g/mol. The fourth-order valence-corrected chi connectivity index (χ4v) is 4.57. The van der Waals surface area contributed by atoms with Crippen LogP contribution in [0.1, 0.15) is 34.7 Å². The van der Waals surface area contributed by atoms with Crippen LogP contribution in [0.15, 0.2) is 45.9 Å². The molecule has 3 aromatic rings. The Morgan fingerprint density at radius 3 is 2.63 bits per heavy atom. The maximum absolute atomic E-state index is 12.9. The second-order valence-corrected chi connectivity index (χ2v) is 8.88. The summed E-state index contributed by atoms with van der Waals surface area (Å²) in [5.41, 5.74) is 1.87. The van der Waals surface area contributed by atoms with E-state index in [2.05, 4.69) is 19.8 Å². The first-order valence-corrected chi connectivity index (χ1v) is 11.0. The molecule has 3 heterocycles. The van der Waals surface area contributed by atoms with Crippen LogP contribution in [-0.4, -0.2) is 47.4 Å². The van der Waals surface area contributed by atoms with Gasteiger partial charge in [0.05, 0.1) is 4.90 Å². The number of hydrogen-bond acceptors (Lipinski definition) is 7. The van der Waals surface area contributed by atoms with Gasteiger partial charge in [0.25, 0.3) is 10.0 Å². The number of nitrogens with zero attached hydrogens (tertiary/aromatic N) is 4. The van der Waals surface area contributed by atoms with Crippen molar-refractivity contribution in [3.8, 4) is 11.4 Å². The lowest BCUT2D eigenvalue weighted by molar-refractivity contribution is 0.0743. The SMILES string of the molecule is Cc1ccnc(NS(=O)(=O)c2cc(-c3noc(C(=O)N4CCCC4)n3)ccc2C)c1. The first-order chi connectivity index (χ1) is 14.3. The van der Waals surface area contributed by atoms with Crippen LogP contribution in [-0.2, 0) is 10.0 Å². The van der Waals surface area contributed by atoms with Gasteiger partial charge >= 0.3 is 11.8 Å². The molecule has 0 aliphatic carbocycles. The highest BCUT2D eigenvalue weighted by Crippen LogP contribution is 2.25. The van der Waals surface area contributed by atoms with Crippen LogP contribution in [0.2, 0.25) is 0 Å². The second-order valence-electron chi connectivity index (χ2n) is 7.23. The predicted octanol–water partition coefficient (Wildman–Crippen LogP) is 2.79. The largest absolute Gasteiger partial charge is 0.334 e. The molecule has 0 saturated carbocycles. The Morgan fingerprint density at radius 2 is 1.90 bits per heavy atom. The van der Waals surface area contributed by atoms with E-state index in [9.17, 15) is 13.2 Å². The molecule has 0 unspecified atom stereocenters. The zero-order chi connectivity index (χ0) is 21.3. The van der Waals surface area contributed by atoms with Crippen molar-refractivity contribution in [2.24, 2.45) is 0 Å². The summed E-state index contributed by atoms with van der Waals surface area (Å²) in [6, 6.07) is 8.23. The number of rotatable bonds is 5. The zero-order valence-corrected chi connectivity index (χ0v) is 17.4. The molecule has 0 spiro atoms. The number of pyridine rings is 1. The van der Waals surface area contributed by atoms with E-state index in [4.69, 9.17) is 4.52 Å². The van der Waals surface area contributed by atoms with Crippen molar-refractivity contribution in [2.75, 3.05) is 17.8 Å². The number of likely N-dealkylation sites (tertiary alicyclic amines) is 1. The van der Waals surface area contributed by atoms with Gasteiger partial charge in [-0.15, -0.1) is 0 Å². The van der Waals surface area contributed by atoms with Crippen molar-refractivity contribution in [1.82, 2.24) is 20.0 Å². The van der Waals surface area contributed by atoms with E-state index in [1.807, 2.05) is 6.92 Å². The fraction of sp³-hybridized carbons (Fsp3) is 0.300. The van der Waals surface area contributed by atoms with Gasteiger partial charge in [0.1, 0.15) is 5.82 Å². The van der Waals surface area contributed by atoms with E-state index in [1.165, 1.54) is 12.3 Å². The highest BCUT2D eigenvalue weighted by molar-refractivity contribution is 7.92. The Balaban J connectivity index is 1.63. The Kier molecular flexibility index (Phi) is 5.25. The summed E-state index contributed by atoms with van der Waals surface area (Å²) < 4.78 is 33.5. The number of amides is 1. The summed E-state index contributed by atoms with van der Waals surface area (Å²) in [4.78, 5) is 22.4. The van der Waals surface area contributed by atoms with Crippen LogP contribution in [0.5, 0.6) is 0 Å². The lowest BCUT2D eigenvalue weighted by Gasteiger charge is -2.11. The predicted molar refractivity (Wildman–Crippen MR) is 109 cm³/mol. The third kappa shape index (κ3) is 4.04. The van der Waals surface area contributed by atoms with Gasteiger partial charge in [-0.1, -0.05) is 17.3 Å². The van der Waals surface area contributed by atoms with Crippen molar-refractivity contribution < 1.29 is 17.7 Å². The van der Waals surface area contributed by atoms with Crippen LogP contribution in [0.25, 0.3) is 11.4 Å². The Hall–Kier alpha value is -3.27. The molecule has 1 aliphatic rings. The number of aromatic nitrogens is 3. The monoisotopic (exact) mass is 427 g/mol. The Bertz CT molecular complexity index is 1200. The molecule has 0 atom stereocenters. The maximum Gasteiger partial charge on any atom is 0.316 e. The van der Waals surface area contributed by atoms with Gasteiger partial charge in [0.15, 0.2) is 0 Å². The number of anilines is 1. The number of aryl methyl sites for hydroxylation is 2. The quantitative estimate of drug-likeness (QED) is 0.665. The lowest BCUT2D eigenvalue weighted by Crippen LogP contribution is -2.27. The van der Waals surface area contributed by atoms with E-state index in [0.717, 1.165) is 18.4 Å². The molecule has 0 bridgehead atoms. The Labute approximate surface area is 174 Å². The first kappa shape index (κ1) is 20.0. The highest BCUT2D eigenvalue weighted by atomic mass is 32.2. The minimum Gasteiger partial charge on any atom is -0.334 e. The summed E-state index contributed by atoms with van der Waals surface area (Å²) in [6.45, 7) is 4.88. The number of nitrogens with one attached hydrogen (secondary N) is 1. The zero-order valence-electron chi connectivity index (χ0n) is 16.6. The molecule has 1 fully saturated rings. The minimum atomic E-state index is -3.89.